The molecule has 0 aliphatic rings. The molecule has 3 aromatic rings. The summed E-state index contributed by atoms with van der Waals surface area (Å²) in [5.41, 5.74) is 4.35. The van der Waals surface area contributed by atoms with Crippen LogP contribution in [0.5, 0.6) is 5.75 Å². The number of hydrogen-bond acceptors (Lipinski definition) is 2. The number of aldehydes is 1. The van der Waals surface area contributed by atoms with Crippen LogP contribution < -0.4 is 4.74 Å². The van der Waals surface area contributed by atoms with E-state index in [0.717, 1.165) is 44.2 Å². The maximum atomic E-state index is 11.6. The Labute approximate surface area is 131 Å². The number of aromatic nitrogens is 1. The molecule has 0 saturated heterocycles. The van der Waals surface area contributed by atoms with Crippen molar-refractivity contribution >= 4 is 33.1 Å². The summed E-state index contributed by atoms with van der Waals surface area (Å²) in [6.45, 7) is 2.02. The van der Waals surface area contributed by atoms with Crippen molar-refractivity contribution in [1.82, 2.24) is 4.98 Å². The van der Waals surface area contributed by atoms with E-state index in [-0.39, 0.29) is 0 Å². The van der Waals surface area contributed by atoms with Crippen molar-refractivity contribution in [3.8, 4) is 17.0 Å². The van der Waals surface area contributed by atoms with Crippen molar-refractivity contribution in [3.05, 3.63) is 52.0 Å². The Kier molecular flexibility index (Phi) is 3.55. The number of carbonyl (C=O) groups is 1. The normalized spacial score (nSPS) is 10.8. The van der Waals surface area contributed by atoms with Gasteiger partial charge in [-0.3, -0.25) is 4.79 Å². The van der Waals surface area contributed by atoms with Crippen LogP contribution in [0.1, 0.15) is 15.9 Å². The lowest BCUT2D eigenvalue weighted by Gasteiger charge is -2.08. The fourth-order valence-electron chi connectivity index (χ4n) is 2.55. The largest absolute Gasteiger partial charge is 0.496 e. The molecular weight excluding hydrogens is 330 g/mol. The van der Waals surface area contributed by atoms with Crippen LogP contribution in [-0.2, 0) is 0 Å². The molecule has 0 radical (unpaired) electrons. The van der Waals surface area contributed by atoms with Crippen LogP contribution in [0.2, 0.25) is 0 Å². The summed E-state index contributed by atoms with van der Waals surface area (Å²) >= 11 is 3.52. The Morgan fingerprint density at radius 2 is 2.05 bits per heavy atom. The van der Waals surface area contributed by atoms with Gasteiger partial charge in [-0.1, -0.05) is 23.8 Å². The predicted octanol–water partition coefficient (Wildman–Crippen LogP) is 4.73. The Morgan fingerprint density at radius 3 is 2.76 bits per heavy atom. The minimum atomic E-state index is 0.648. The number of aromatic amines is 1. The van der Waals surface area contributed by atoms with E-state index in [1.807, 2.05) is 43.3 Å². The number of nitrogens with one attached hydrogen (secondary N) is 1. The molecule has 3 rings (SSSR count). The minimum Gasteiger partial charge on any atom is -0.496 e. The molecule has 0 atom stereocenters. The van der Waals surface area contributed by atoms with Gasteiger partial charge < -0.3 is 9.72 Å². The molecule has 0 spiro atoms. The van der Waals surface area contributed by atoms with Gasteiger partial charge in [-0.15, -0.1) is 0 Å². The minimum absolute atomic E-state index is 0.648. The van der Waals surface area contributed by atoms with E-state index in [1.165, 1.54) is 0 Å². The average molecular weight is 344 g/mol. The zero-order valence-electron chi connectivity index (χ0n) is 11.7. The Bertz CT molecular complexity index is 836. The third-order valence-electron chi connectivity index (χ3n) is 3.57. The number of halogens is 1. The molecule has 0 aliphatic carbocycles. The molecule has 2 aromatic carbocycles. The van der Waals surface area contributed by atoms with E-state index in [2.05, 4.69) is 20.9 Å². The predicted molar refractivity (Wildman–Crippen MR) is 88.1 cm³/mol. The molecule has 1 heterocycles. The molecule has 0 unspecified atom stereocenters. The molecule has 106 valence electrons. The molecule has 0 fully saturated rings. The van der Waals surface area contributed by atoms with Crippen molar-refractivity contribution in [3.63, 3.8) is 0 Å². The first-order valence-corrected chi connectivity index (χ1v) is 7.35. The number of hydrogen-bond donors (Lipinski definition) is 1. The summed E-state index contributed by atoms with van der Waals surface area (Å²) in [6.07, 6.45) is 0.891. The van der Waals surface area contributed by atoms with Crippen molar-refractivity contribution in [2.75, 3.05) is 7.11 Å². The van der Waals surface area contributed by atoms with Gasteiger partial charge in [-0.2, -0.15) is 0 Å². The maximum absolute atomic E-state index is 11.6. The van der Waals surface area contributed by atoms with Crippen LogP contribution in [0.4, 0.5) is 0 Å². The first kappa shape index (κ1) is 13.9. The third kappa shape index (κ3) is 2.25. The number of rotatable bonds is 3. The summed E-state index contributed by atoms with van der Waals surface area (Å²) in [4.78, 5) is 14.9. The standard InChI is InChI=1S/C17H14BrNO2/c1-10-6-7-15(21-2)12(8-10)16-13(9-20)11-4-3-5-14(18)17(11)19-16/h3-9,19H,1-2H3. The fraction of sp³-hybridized carbons (Fsp3) is 0.118. The zero-order chi connectivity index (χ0) is 15.0. The lowest BCUT2D eigenvalue weighted by atomic mass is 10.0. The summed E-state index contributed by atoms with van der Waals surface area (Å²) < 4.78 is 6.36. The van der Waals surface area contributed by atoms with Crippen LogP contribution >= 0.6 is 15.9 Å². The topological polar surface area (TPSA) is 42.1 Å². The number of ether oxygens (including phenoxy) is 1. The molecule has 21 heavy (non-hydrogen) atoms. The number of benzene rings is 2. The molecule has 0 saturated carbocycles. The van der Waals surface area contributed by atoms with Gasteiger partial charge in [-0.05, 0) is 41.1 Å². The van der Waals surface area contributed by atoms with Crippen LogP contribution in [0.25, 0.3) is 22.2 Å². The summed E-state index contributed by atoms with van der Waals surface area (Å²) in [6, 6.07) is 11.7. The highest BCUT2D eigenvalue weighted by Gasteiger charge is 2.17. The number of para-hydroxylation sites is 1. The molecule has 1 aromatic heterocycles. The van der Waals surface area contributed by atoms with E-state index in [4.69, 9.17) is 4.74 Å². The summed E-state index contributed by atoms with van der Waals surface area (Å²) in [5.74, 6) is 0.742. The lowest BCUT2D eigenvalue weighted by molar-refractivity contribution is 0.112. The number of aryl methyl sites for hydroxylation is 1. The van der Waals surface area contributed by atoms with E-state index < -0.39 is 0 Å². The van der Waals surface area contributed by atoms with Crippen LogP contribution in [0.3, 0.4) is 0 Å². The van der Waals surface area contributed by atoms with Gasteiger partial charge >= 0.3 is 0 Å². The van der Waals surface area contributed by atoms with E-state index in [0.29, 0.717) is 5.56 Å². The third-order valence-corrected chi connectivity index (χ3v) is 4.23. The fourth-order valence-corrected chi connectivity index (χ4v) is 3.02. The molecule has 4 heteroatoms. The van der Waals surface area contributed by atoms with Crippen molar-refractivity contribution in [2.24, 2.45) is 0 Å². The molecular formula is C17H14BrNO2. The van der Waals surface area contributed by atoms with E-state index >= 15 is 0 Å². The lowest BCUT2D eigenvalue weighted by Crippen LogP contribution is -1.91. The highest BCUT2D eigenvalue weighted by atomic mass is 79.9. The second-order valence-corrected chi connectivity index (χ2v) is 5.75. The van der Waals surface area contributed by atoms with Crippen LogP contribution in [0.15, 0.2) is 40.9 Å². The van der Waals surface area contributed by atoms with Gasteiger partial charge in [0.1, 0.15) is 5.75 Å². The van der Waals surface area contributed by atoms with Gasteiger partial charge in [0.05, 0.1) is 18.3 Å². The van der Waals surface area contributed by atoms with Gasteiger partial charge in [-0.25, -0.2) is 0 Å². The SMILES string of the molecule is COc1ccc(C)cc1-c1[nH]c2c(Br)cccc2c1C=O. The molecule has 0 bridgehead atoms. The highest BCUT2D eigenvalue weighted by molar-refractivity contribution is 9.10. The number of fused-ring (bicyclic) bond motifs is 1. The van der Waals surface area contributed by atoms with Gasteiger partial charge in [0.2, 0.25) is 0 Å². The Hall–Kier alpha value is -2.07. The van der Waals surface area contributed by atoms with E-state index in [9.17, 15) is 4.79 Å². The summed E-state index contributed by atoms with van der Waals surface area (Å²) in [5, 5.41) is 0.901. The quantitative estimate of drug-likeness (QED) is 0.698. The summed E-state index contributed by atoms with van der Waals surface area (Å²) in [7, 11) is 1.63. The number of carbonyl (C=O) groups excluding carboxylic acids is 1. The van der Waals surface area contributed by atoms with E-state index in [1.54, 1.807) is 7.11 Å². The zero-order valence-corrected chi connectivity index (χ0v) is 13.3. The van der Waals surface area contributed by atoms with Gasteiger partial charge in [0.25, 0.3) is 0 Å². The number of H-pyrrole nitrogens is 1. The van der Waals surface area contributed by atoms with Gasteiger partial charge in [0, 0.05) is 21.0 Å². The highest BCUT2D eigenvalue weighted by Crippen LogP contribution is 2.37. The molecule has 0 amide bonds. The van der Waals surface area contributed by atoms with Crippen LogP contribution in [0, 0.1) is 6.92 Å². The average Bonchev–Trinajstić information content (AvgIpc) is 2.87. The first-order valence-electron chi connectivity index (χ1n) is 6.56. The van der Waals surface area contributed by atoms with Crippen molar-refractivity contribution < 1.29 is 9.53 Å². The molecule has 0 aliphatic heterocycles. The second-order valence-electron chi connectivity index (χ2n) is 4.90. The Morgan fingerprint density at radius 1 is 1.24 bits per heavy atom. The monoisotopic (exact) mass is 343 g/mol. The molecule has 1 N–H and O–H groups in total. The van der Waals surface area contributed by atoms with Crippen molar-refractivity contribution in [2.45, 2.75) is 6.92 Å². The van der Waals surface area contributed by atoms with Gasteiger partial charge in [0.15, 0.2) is 6.29 Å². The van der Waals surface area contributed by atoms with Crippen LogP contribution in [-0.4, -0.2) is 18.4 Å². The Balaban J connectivity index is 2.37. The number of methoxy groups -OCH3 is 1. The maximum Gasteiger partial charge on any atom is 0.152 e. The second kappa shape index (κ2) is 5.37. The smallest absolute Gasteiger partial charge is 0.152 e. The van der Waals surface area contributed by atoms with Crippen molar-refractivity contribution in [1.29, 1.82) is 0 Å². The first-order chi connectivity index (χ1) is 10.2. The molecule has 3 nitrogen and oxygen atoms in total.